The van der Waals surface area contributed by atoms with Crippen molar-refractivity contribution in [3.8, 4) is 0 Å². The third-order valence-electron chi connectivity index (χ3n) is 2.35. The largest absolute Gasteiger partial charge is 0.476 e. The van der Waals surface area contributed by atoms with Gasteiger partial charge < -0.3 is 9.84 Å². The predicted molar refractivity (Wildman–Crippen MR) is 72.0 cm³/mol. The number of carbonyl (C=O) groups excluding carboxylic acids is 1. The molecule has 106 valence electrons. The van der Waals surface area contributed by atoms with Gasteiger partial charge in [-0.3, -0.25) is 9.72 Å². The molecule has 2 aromatic rings. The molecular weight excluding hydrogens is 262 g/mol. The molecule has 0 saturated heterocycles. The first-order valence-electron chi connectivity index (χ1n) is 5.98. The van der Waals surface area contributed by atoms with Crippen LogP contribution >= 0.6 is 0 Å². The van der Waals surface area contributed by atoms with E-state index in [0.717, 1.165) is 0 Å². The SMILES string of the molecule is CC(C)(C)OC(=O)Nc1c(C(=O)O)nc2ccccn12. The van der Waals surface area contributed by atoms with Crippen LogP contribution in [0.25, 0.3) is 5.65 Å². The number of anilines is 1. The monoisotopic (exact) mass is 277 g/mol. The van der Waals surface area contributed by atoms with E-state index in [-0.39, 0.29) is 11.5 Å². The summed E-state index contributed by atoms with van der Waals surface area (Å²) in [5.74, 6) is -1.15. The van der Waals surface area contributed by atoms with Crippen LogP contribution in [0.2, 0.25) is 0 Å². The van der Waals surface area contributed by atoms with Crippen LogP contribution in [0, 0.1) is 0 Å². The summed E-state index contributed by atoms with van der Waals surface area (Å²) in [5, 5.41) is 11.6. The fourth-order valence-electron chi connectivity index (χ4n) is 1.66. The Kier molecular flexibility index (Phi) is 3.35. The summed E-state index contributed by atoms with van der Waals surface area (Å²) in [4.78, 5) is 26.9. The summed E-state index contributed by atoms with van der Waals surface area (Å²) in [6.45, 7) is 5.16. The number of aromatic nitrogens is 2. The van der Waals surface area contributed by atoms with Gasteiger partial charge in [0.05, 0.1) is 0 Å². The molecule has 0 radical (unpaired) electrons. The van der Waals surface area contributed by atoms with E-state index in [9.17, 15) is 9.59 Å². The third kappa shape index (κ3) is 2.87. The molecule has 0 aliphatic carbocycles. The number of rotatable bonds is 2. The van der Waals surface area contributed by atoms with E-state index in [4.69, 9.17) is 9.84 Å². The Morgan fingerprint density at radius 3 is 2.65 bits per heavy atom. The predicted octanol–water partition coefficient (Wildman–Crippen LogP) is 2.38. The van der Waals surface area contributed by atoms with Crippen LogP contribution in [0.15, 0.2) is 24.4 Å². The van der Waals surface area contributed by atoms with Crippen molar-refractivity contribution in [1.82, 2.24) is 9.38 Å². The molecule has 0 saturated carbocycles. The van der Waals surface area contributed by atoms with E-state index in [1.807, 2.05) is 0 Å². The van der Waals surface area contributed by atoms with Gasteiger partial charge in [0.25, 0.3) is 0 Å². The number of ether oxygens (including phenoxy) is 1. The van der Waals surface area contributed by atoms with Crippen molar-refractivity contribution in [3.63, 3.8) is 0 Å². The van der Waals surface area contributed by atoms with E-state index in [2.05, 4.69) is 10.3 Å². The lowest BCUT2D eigenvalue weighted by molar-refractivity contribution is 0.0635. The first-order chi connectivity index (χ1) is 9.28. The Bertz CT molecular complexity index is 670. The van der Waals surface area contributed by atoms with Crippen molar-refractivity contribution in [2.75, 3.05) is 5.32 Å². The molecule has 1 amide bonds. The highest BCUT2D eigenvalue weighted by atomic mass is 16.6. The van der Waals surface area contributed by atoms with Crippen molar-refractivity contribution >= 4 is 23.5 Å². The van der Waals surface area contributed by atoms with Crippen molar-refractivity contribution in [2.45, 2.75) is 26.4 Å². The van der Waals surface area contributed by atoms with Crippen LogP contribution in [-0.4, -0.2) is 32.2 Å². The lowest BCUT2D eigenvalue weighted by atomic mass is 10.2. The van der Waals surface area contributed by atoms with E-state index in [1.54, 1.807) is 45.2 Å². The zero-order valence-electron chi connectivity index (χ0n) is 11.4. The number of hydrogen-bond donors (Lipinski definition) is 2. The standard InChI is InChI=1S/C13H15N3O4/c1-13(2,3)20-12(19)15-10-9(11(17)18)14-8-6-4-5-7-16(8)10/h4-7H,1-3H3,(H,15,19)(H,17,18). The summed E-state index contributed by atoms with van der Waals surface area (Å²) in [5.41, 5.74) is -0.480. The molecule has 0 spiro atoms. The number of aromatic carboxylic acids is 1. The summed E-state index contributed by atoms with van der Waals surface area (Å²) in [6, 6.07) is 5.08. The van der Waals surface area contributed by atoms with E-state index in [1.165, 1.54) is 4.40 Å². The summed E-state index contributed by atoms with van der Waals surface area (Å²) >= 11 is 0. The van der Waals surface area contributed by atoms with Gasteiger partial charge in [0.2, 0.25) is 0 Å². The van der Waals surface area contributed by atoms with Gasteiger partial charge in [-0.25, -0.2) is 14.6 Å². The van der Waals surface area contributed by atoms with Crippen LogP contribution in [0.4, 0.5) is 10.6 Å². The maximum Gasteiger partial charge on any atom is 0.413 e. The smallest absolute Gasteiger partial charge is 0.413 e. The Morgan fingerprint density at radius 2 is 2.05 bits per heavy atom. The van der Waals surface area contributed by atoms with Gasteiger partial charge in [0.1, 0.15) is 11.2 Å². The second kappa shape index (κ2) is 4.84. The number of nitrogens with one attached hydrogen (secondary N) is 1. The number of hydrogen-bond acceptors (Lipinski definition) is 4. The van der Waals surface area contributed by atoms with Gasteiger partial charge in [0, 0.05) is 6.20 Å². The number of nitrogens with zero attached hydrogens (tertiary/aromatic N) is 2. The van der Waals surface area contributed by atoms with Gasteiger partial charge in [-0.2, -0.15) is 0 Å². The number of carboxylic acid groups (broad SMARTS) is 1. The number of pyridine rings is 1. The second-order valence-corrected chi connectivity index (χ2v) is 5.17. The number of fused-ring (bicyclic) bond motifs is 1. The van der Waals surface area contributed by atoms with Crippen LogP contribution in [0.3, 0.4) is 0 Å². The number of carboxylic acids is 1. The van der Waals surface area contributed by atoms with Crippen LogP contribution < -0.4 is 5.32 Å². The highest BCUT2D eigenvalue weighted by Gasteiger charge is 2.22. The second-order valence-electron chi connectivity index (χ2n) is 5.17. The average Bonchev–Trinajstić information content (AvgIpc) is 2.66. The lowest BCUT2D eigenvalue weighted by Gasteiger charge is -2.19. The Balaban J connectivity index is 2.39. The molecule has 2 rings (SSSR count). The molecule has 0 aromatic carbocycles. The van der Waals surface area contributed by atoms with Gasteiger partial charge >= 0.3 is 12.1 Å². The third-order valence-corrected chi connectivity index (χ3v) is 2.35. The van der Waals surface area contributed by atoms with Crippen molar-refractivity contribution in [1.29, 1.82) is 0 Å². The van der Waals surface area contributed by atoms with Gasteiger partial charge in [0.15, 0.2) is 11.5 Å². The highest BCUT2D eigenvalue weighted by molar-refractivity contribution is 5.97. The van der Waals surface area contributed by atoms with Gasteiger partial charge in [-0.15, -0.1) is 0 Å². The summed E-state index contributed by atoms with van der Waals surface area (Å²) in [7, 11) is 0. The molecular formula is C13H15N3O4. The van der Waals surface area contributed by atoms with Crippen LogP contribution in [0.5, 0.6) is 0 Å². The topological polar surface area (TPSA) is 92.9 Å². The normalized spacial score (nSPS) is 11.3. The Morgan fingerprint density at radius 1 is 1.35 bits per heavy atom. The molecule has 0 aliphatic rings. The average molecular weight is 277 g/mol. The molecule has 0 bridgehead atoms. The molecule has 0 aliphatic heterocycles. The first-order valence-corrected chi connectivity index (χ1v) is 5.98. The lowest BCUT2D eigenvalue weighted by Crippen LogP contribution is -2.28. The molecule has 2 heterocycles. The first kappa shape index (κ1) is 13.9. The minimum Gasteiger partial charge on any atom is -0.476 e. The summed E-state index contributed by atoms with van der Waals surface area (Å²) < 4.78 is 6.59. The van der Waals surface area contributed by atoms with Gasteiger partial charge in [-0.05, 0) is 32.9 Å². The quantitative estimate of drug-likeness (QED) is 0.879. The Labute approximate surface area is 115 Å². The number of carbonyl (C=O) groups is 2. The molecule has 0 unspecified atom stereocenters. The number of amides is 1. The molecule has 20 heavy (non-hydrogen) atoms. The fourth-order valence-corrected chi connectivity index (χ4v) is 1.66. The maximum atomic E-state index is 11.8. The minimum absolute atomic E-state index is 0.0716. The van der Waals surface area contributed by atoms with Crippen LogP contribution in [0.1, 0.15) is 31.3 Å². The molecule has 2 aromatic heterocycles. The van der Waals surface area contributed by atoms with Crippen molar-refractivity contribution < 1.29 is 19.4 Å². The fraction of sp³-hybridized carbons (Fsp3) is 0.308. The van der Waals surface area contributed by atoms with E-state index in [0.29, 0.717) is 5.65 Å². The molecule has 7 nitrogen and oxygen atoms in total. The van der Waals surface area contributed by atoms with Crippen LogP contribution in [-0.2, 0) is 4.74 Å². The van der Waals surface area contributed by atoms with E-state index < -0.39 is 17.7 Å². The van der Waals surface area contributed by atoms with Gasteiger partial charge in [-0.1, -0.05) is 6.07 Å². The van der Waals surface area contributed by atoms with E-state index >= 15 is 0 Å². The highest BCUT2D eigenvalue weighted by Crippen LogP contribution is 2.19. The summed E-state index contributed by atoms with van der Waals surface area (Å²) in [6.07, 6.45) is 0.882. The minimum atomic E-state index is -1.22. The zero-order valence-corrected chi connectivity index (χ0v) is 11.4. The van der Waals surface area contributed by atoms with Crippen molar-refractivity contribution in [3.05, 3.63) is 30.1 Å². The van der Waals surface area contributed by atoms with Crippen molar-refractivity contribution in [2.24, 2.45) is 0 Å². The molecule has 7 heteroatoms. The molecule has 0 fully saturated rings. The zero-order chi connectivity index (χ0) is 14.9. The molecule has 2 N–H and O–H groups in total. The number of imidazole rings is 1. The maximum absolute atomic E-state index is 11.8. The molecule has 0 atom stereocenters. The Hall–Kier alpha value is -2.57.